The van der Waals surface area contributed by atoms with Gasteiger partial charge in [0.25, 0.3) is 0 Å². The van der Waals surface area contributed by atoms with E-state index in [4.69, 9.17) is 0 Å². The van der Waals surface area contributed by atoms with Crippen LogP contribution in [0.3, 0.4) is 0 Å². The van der Waals surface area contributed by atoms with E-state index in [-0.39, 0.29) is 11.5 Å². The van der Waals surface area contributed by atoms with Gasteiger partial charge in [-0.2, -0.15) is 0 Å². The van der Waals surface area contributed by atoms with Crippen molar-refractivity contribution in [3.8, 4) is 0 Å². The van der Waals surface area contributed by atoms with Gasteiger partial charge in [0.15, 0.2) is 9.84 Å². The molecule has 1 aliphatic rings. The van der Waals surface area contributed by atoms with Crippen molar-refractivity contribution in [2.24, 2.45) is 5.92 Å². The molecule has 3 nitrogen and oxygen atoms in total. The van der Waals surface area contributed by atoms with Crippen LogP contribution in [0.25, 0.3) is 0 Å². The number of rotatable bonds is 8. The number of nitrogens with one attached hydrogen (secondary N) is 1. The van der Waals surface area contributed by atoms with Gasteiger partial charge < -0.3 is 5.32 Å². The predicted octanol–water partition coefficient (Wildman–Crippen LogP) is 1.20. The zero-order valence-corrected chi connectivity index (χ0v) is 9.78. The van der Waals surface area contributed by atoms with Gasteiger partial charge in [-0.15, -0.1) is 0 Å². The molecular weight excluding hydrogens is 198 g/mol. The predicted molar refractivity (Wildman–Crippen MR) is 59.2 cm³/mol. The second-order valence-electron chi connectivity index (χ2n) is 4.07. The molecule has 0 heterocycles. The largest absolute Gasteiger partial charge is 0.316 e. The van der Waals surface area contributed by atoms with Crippen LogP contribution in [-0.2, 0) is 9.84 Å². The lowest BCUT2D eigenvalue weighted by Crippen LogP contribution is -2.24. The molecule has 0 bridgehead atoms. The molecule has 0 aromatic heterocycles. The van der Waals surface area contributed by atoms with Crippen LogP contribution in [0.1, 0.15) is 32.6 Å². The highest BCUT2D eigenvalue weighted by Crippen LogP contribution is 2.33. The monoisotopic (exact) mass is 219 g/mol. The minimum Gasteiger partial charge on any atom is -0.316 e. The van der Waals surface area contributed by atoms with Crippen molar-refractivity contribution in [1.82, 2.24) is 5.32 Å². The van der Waals surface area contributed by atoms with Crippen LogP contribution in [0.15, 0.2) is 0 Å². The van der Waals surface area contributed by atoms with Crippen LogP contribution < -0.4 is 5.32 Å². The minimum atomic E-state index is -2.77. The second kappa shape index (κ2) is 5.71. The molecule has 0 aromatic rings. The summed E-state index contributed by atoms with van der Waals surface area (Å²) in [5, 5.41) is 3.18. The van der Waals surface area contributed by atoms with Crippen LogP contribution in [0, 0.1) is 5.92 Å². The number of hydrogen-bond acceptors (Lipinski definition) is 3. The van der Waals surface area contributed by atoms with Crippen LogP contribution in [0.5, 0.6) is 0 Å². The fourth-order valence-corrected chi connectivity index (χ4v) is 2.16. The van der Waals surface area contributed by atoms with E-state index in [1.54, 1.807) is 6.92 Å². The zero-order chi connectivity index (χ0) is 10.4. The maximum absolute atomic E-state index is 11.1. The van der Waals surface area contributed by atoms with Gasteiger partial charge in [-0.25, -0.2) is 8.42 Å². The third-order valence-corrected chi connectivity index (χ3v) is 4.40. The first-order valence-corrected chi connectivity index (χ1v) is 7.37. The fourth-order valence-electron chi connectivity index (χ4n) is 1.42. The highest BCUT2D eigenvalue weighted by Gasteiger charge is 2.19. The van der Waals surface area contributed by atoms with Crippen LogP contribution >= 0.6 is 0 Å². The van der Waals surface area contributed by atoms with Crippen LogP contribution in [-0.4, -0.2) is 33.0 Å². The lowest BCUT2D eigenvalue weighted by Gasteiger charge is -2.04. The van der Waals surface area contributed by atoms with E-state index in [9.17, 15) is 8.42 Å². The van der Waals surface area contributed by atoms with Crippen molar-refractivity contribution in [1.29, 1.82) is 0 Å². The molecule has 0 saturated heterocycles. The molecule has 1 saturated carbocycles. The summed E-state index contributed by atoms with van der Waals surface area (Å²) in [6.07, 6.45) is 5.32. The average Bonchev–Trinajstić information content (AvgIpc) is 2.95. The van der Waals surface area contributed by atoms with E-state index < -0.39 is 9.84 Å². The van der Waals surface area contributed by atoms with E-state index >= 15 is 0 Å². The first-order chi connectivity index (χ1) is 6.64. The second-order valence-corrected chi connectivity index (χ2v) is 6.54. The Kier molecular flexibility index (Phi) is 4.89. The maximum atomic E-state index is 11.1. The Bertz CT molecular complexity index is 245. The van der Waals surface area contributed by atoms with Gasteiger partial charge in [0, 0.05) is 12.3 Å². The van der Waals surface area contributed by atoms with Crippen molar-refractivity contribution in [2.45, 2.75) is 32.6 Å². The molecular formula is C10H21NO2S. The Labute approximate surface area is 87.2 Å². The quantitative estimate of drug-likeness (QED) is 0.624. The van der Waals surface area contributed by atoms with E-state index in [1.807, 2.05) is 0 Å². The van der Waals surface area contributed by atoms with E-state index in [0.29, 0.717) is 6.54 Å². The molecule has 0 amide bonds. The molecule has 4 heteroatoms. The third kappa shape index (κ3) is 5.60. The van der Waals surface area contributed by atoms with Gasteiger partial charge in [-0.05, 0) is 25.3 Å². The summed E-state index contributed by atoms with van der Waals surface area (Å²) in [6, 6.07) is 0. The first kappa shape index (κ1) is 12.0. The summed E-state index contributed by atoms with van der Waals surface area (Å²) in [5.74, 6) is 1.53. The van der Waals surface area contributed by atoms with Crippen molar-refractivity contribution >= 4 is 9.84 Å². The molecule has 0 unspecified atom stereocenters. The highest BCUT2D eigenvalue weighted by molar-refractivity contribution is 7.91. The molecule has 0 aromatic carbocycles. The smallest absolute Gasteiger partial charge is 0.151 e. The number of hydrogen-bond donors (Lipinski definition) is 1. The molecule has 0 atom stereocenters. The summed E-state index contributed by atoms with van der Waals surface area (Å²) in [6.45, 7) is 3.28. The van der Waals surface area contributed by atoms with Crippen molar-refractivity contribution in [3.05, 3.63) is 0 Å². The summed E-state index contributed by atoms with van der Waals surface area (Å²) < 4.78 is 22.2. The topological polar surface area (TPSA) is 46.2 Å². The fraction of sp³-hybridized carbons (Fsp3) is 1.00. The summed E-state index contributed by atoms with van der Waals surface area (Å²) in [5.41, 5.74) is 0. The molecule has 0 aliphatic heterocycles. The van der Waals surface area contributed by atoms with Crippen LogP contribution in [0.4, 0.5) is 0 Å². The van der Waals surface area contributed by atoms with Gasteiger partial charge in [0.05, 0.1) is 5.75 Å². The maximum Gasteiger partial charge on any atom is 0.151 e. The molecule has 0 spiro atoms. The summed E-state index contributed by atoms with van der Waals surface area (Å²) in [7, 11) is -2.77. The first-order valence-electron chi connectivity index (χ1n) is 5.55. The minimum absolute atomic E-state index is 0.261. The standard InChI is InChI=1S/C10H21NO2S/c1-2-14(12,13)9-8-11-7-3-4-10-5-6-10/h10-11H,2-9H2,1H3. The number of sulfone groups is 1. The molecule has 84 valence electrons. The molecule has 0 radical (unpaired) electrons. The molecule has 1 rings (SSSR count). The zero-order valence-electron chi connectivity index (χ0n) is 8.96. The average molecular weight is 219 g/mol. The van der Waals surface area contributed by atoms with Gasteiger partial charge in [0.2, 0.25) is 0 Å². The van der Waals surface area contributed by atoms with Crippen molar-refractivity contribution in [2.75, 3.05) is 24.6 Å². The lowest BCUT2D eigenvalue weighted by atomic mass is 10.2. The van der Waals surface area contributed by atoms with E-state index in [0.717, 1.165) is 12.5 Å². The molecule has 1 fully saturated rings. The van der Waals surface area contributed by atoms with Gasteiger partial charge in [0.1, 0.15) is 0 Å². The van der Waals surface area contributed by atoms with Gasteiger partial charge >= 0.3 is 0 Å². The van der Waals surface area contributed by atoms with Crippen LogP contribution in [0.2, 0.25) is 0 Å². The lowest BCUT2D eigenvalue weighted by molar-refractivity contribution is 0.582. The van der Waals surface area contributed by atoms with E-state index in [1.165, 1.54) is 25.7 Å². The molecule has 1 N–H and O–H groups in total. The third-order valence-electron chi connectivity index (χ3n) is 2.69. The van der Waals surface area contributed by atoms with Crippen molar-refractivity contribution in [3.63, 3.8) is 0 Å². The Morgan fingerprint density at radius 1 is 1.29 bits per heavy atom. The normalized spacial score (nSPS) is 17.2. The Morgan fingerprint density at radius 2 is 2.00 bits per heavy atom. The van der Waals surface area contributed by atoms with Gasteiger partial charge in [-0.3, -0.25) is 0 Å². The molecule has 1 aliphatic carbocycles. The Hall–Kier alpha value is -0.0900. The SMILES string of the molecule is CCS(=O)(=O)CCNCCCC1CC1. The highest BCUT2D eigenvalue weighted by atomic mass is 32.2. The Balaban J connectivity index is 1.88. The van der Waals surface area contributed by atoms with E-state index in [2.05, 4.69) is 5.32 Å². The van der Waals surface area contributed by atoms with Gasteiger partial charge in [-0.1, -0.05) is 19.8 Å². The summed E-state index contributed by atoms with van der Waals surface area (Å²) in [4.78, 5) is 0. The Morgan fingerprint density at radius 3 is 2.57 bits per heavy atom. The van der Waals surface area contributed by atoms with Crippen molar-refractivity contribution < 1.29 is 8.42 Å². The summed E-state index contributed by atoms with van der Waals surface area (Å²) >= 11 is 0. The molecule has 14 heavy (non-hydrogen) atoms.